The molecule has 0 saturated carbocycles. The van der Waals surface area contributed by atoms with Gasteiger partial charge in [-0.25, -0.2) is 0 Å². The summed E-state index contributed by atoms with van der Waals surface area (Å²) in [7, 11) is 0. The Hall–Kier alpha value is -0.820. The number of hydrogen-bond acceptors (Lipinski definition) is 1. The normalized spacial score (nSPS) is 24.8. The van der Waals surface area contributed by atoms with Crippen molar-refractivity contribution in [1.82, 2.24) is 5.32 Å². The number of hydrogen-bond donors (Lipinski definition) is 1. The van der Waals surface area contributed by atoms with Gasteiger partial charge in [-0.1, -0.05) is 49.1 Å². The molecular formula is C17H27N. The Kier molecular flexibility index (Phi) is 4.45. The van der Waals surface area contributed by atoms with Crippen LogP contribution in [0.25, 0.3) is 0 Å². The van der Waals surface area contributed by atoms with Crippen molar-refractivity contribution in [3.8, 4) is 0 Å². The van der Waals surface area contributed by atoms with Crippen LogP contribution in [0.4, 0.5) is 0 Å². The summed E-state index contributed by atoms with van der Waals surface area (Å²) in [6.07, 6.45) is 7.87. The Morgan fingerprint density at radius 1 is 1.06 bits per heavy atom. The fourth-order valence-corrected chi connectivity index (χ4v) is 3.35. The second-order valence-corrected chi connectivity index (χ2v) is 6.04. The highest BCUT2D eigenvalue weighted by atomic mass is 15.0. The van der Waals surface area contributed by atoms with E-state index in [-0.39, 0.29) is 0 Å². The molecule has 2 rings (SSSR count). The summed E-state index contributed by atoms with van der Waals surface area (Å²) in [5.74, 6) is 0. The van der Waals surface area contributed by atoms with E-state index in [9.17, 15) is 0 Å². The fraction of sp³-hybridized carbons (Fsp3) is 0.647. The topological polar surface area (TPSA) is 12.0 Å². The van der Waals surface area contributed by atoms with Crippen molar-refractivity contribution in [3.63, 3.8) is 0 Å². The molecule has 0 aliphatic carbocycles. The minimum atomic E-state index is 0.344. The van der Waals surface area contributed by atoms with Crippen LogP contribution in [0.3, 0.4) is 0 Å². The van der Waals surface area contributed by atoms with Crippen LogP contribution in [0.1, 0.15) is 55.7 Å². The van der Waals surface area contributed by atoms with Crippen molar-refractivity contribution in [3.05, 3.63) is 34.9 Å². The predicted molar refractivity (Wildman–Crippen MR) is 79.1 cm³/mol. The Morgan fingerprint density at radius 3 is 2.44 bits per heavy atom. The zero-order chi connectivity index (χ0) is 13.0. The molecule has 18 heavy (non-hydrogen) atoms. The first-order valence-corrected chi connectivity index (χ1v) is 7.46. The van der Waals surface area contributed by atoms with Gasteiger partial charge in [-0.2, -0.15) is 0 Å². The van der Waals surface area contributed by atoms with E-state index in [1.54, 1.807) is 0 Å². The van der Waals surface area contributed by atoms with Gasteiger partial charge in [0.05, 0.1) is 0 Å². The predicted octanol–water partition coefficient (Wildman–Crippen LogP) is 4.16. The molecule has 100 valence electrons. The summed E-state index contributed by atoms with van der Waals surface area (Å²) >= 11 is 0. The molecule has 1 unspecified atom stereocenters. The lowest BCUT2D eigenvalue weighted by Gasteiger charge is -2.33. The van der Waals surface area contributed by atoms with E-state index in [0.717, 1.165) is 0 Å². The van der Waals surface area contributed by atoms with Gasteiger partial charge in [-0.15, -0.1) is 0 Å². The maximum Gasteiger partial charge on any atom is 0.0219 e. The first-order valence-electron chi connectivity index (χ1n) is 7.46. The lowest BCUT2D eigenvalue weighted by Crippen LogP contribution is -2.46. The Labute approximate surface area is 112 Å². The summed E-state index contributed by atoms with van der Waals surface area (Å²) < 4.78 is 0. The molecule has 0 bridgehead atoms. The molecule has 1 aliphatic heterocycles. The molecule has 1 heteroatoms. The van der Waals surface area contributed by atoms with E-state index >= 15 is 0 Å². The minimum Gasteiger partial charge on any atom is -0.311 e. The summed E-state index contributed by atoms with van der Waals surface area (Å²) in [5, 5.41) is 3.83. The van der Waals surface area contributed by atoms with E-state index in [2.05, 4.69) is 44.3 Å². The number of rotatable bonds is 3. The van der Waals surface area contributed by atoms with Crippen LogP contribution in [0.2, 0.25) is 0 Å². The maximum absolute atomic E-state index is 3.83. The monoisotopic (exact) mass is 245 g/mol. The van der Waals surface area contributed by atoms with Crippen LogP contribution in [-0.2, 0) is 6.42 Å². The SMILES string of the molecule is CCC1(Cc2cc(C)cc(C)c2)CCCCCN1. The van der Waals surface area contributed by atoms with Crippen LogP contribution in [0, 0.1) is 13.8 Å². The average Bonchev–Trinajstić information content (AvgIpc) is 2.54. The largest absolute Gasteiger partial charge is 0.311 e. The molecule has 0 amide bonds. The molecule has 1 heterocycles. The van der Waals surface area contributed by atoms with Gasteiger partial charge >= 0.3 is 0 Å². The van der Waals surface area contributed by atoms with E-state index in [1.165, 1.54) is 61.8 Å². The van der Waals surface area contributed by atoms with Crippen molar-refractivity contribution >= 4 is 0 Å². The number of aryl methyl sites for hydroxylation is 2. The molecule has 0 spiro atoms. The van der Waals surface area contributed by atoms with Crippen LogP contribution in [-0.4, -0.2) is 12.1 Å². The lowest BCUT2D eigenvalue weighted by molar-refractivity contribution is 0.302. The highest BCUT2D eigenvalue weighted by Gasteiger charge is 2.28. The van der Waals surface area contributed by atoms with Gasteiger partial charge in [-0.05, 0) is 51.6 Å². The van der Waals surface area contributed by atoms with Crippen molar-refractivity contribution < 1.29 is 0 Å². The van der Waals surface area contributed by atoms with Crippen molar-refractivity contribution in [2.75, 3.05) is 6.54 Å². The van der Waals surface area contributed by atoms with E-state index in [0.29, 0.717) is 5.54 Å². The molecule has 0 aromatic heterocycles. The third kappa shape index (κ3) is 3.35. The lowest BCUT2D eigenvalue weighted by atomic mass is 9.83. The third-order valence-electron chi connectivity index (χ3n) is 4.33. The Morgan fingerprint density at radius 2 is 1.78 bits per heavy atom. The molecule has 1 N–H and O–H groups in total. The molecule has 1 atom stereocenters. The first kappa shape index (κ1) is 13.6. The quantitative estimate of drug-likeness (QED) is 0.843. The van der Waals surface area contributed by atoms with E-state index in [1.807, 2.05) is 0 Å². The number of benzene rings is 1. The van der Waals surface area contributed by atoms with Crippen LogP contribution >= 0.6 is 0 Å². The van der Waals surface area contributed by atoms with Gasteiger partial charge in [-0.3, -0.25) is 0 Å². The van der Waals surface area contributed by atoms with Gasteiger partial charge in [0.2, 0.25) is 0 Å². The number of nitrogens with one attached hydrogen (secondary N) is 1. The smallest absolute Gasteiger partial charge is 0.0219 e. The highest BCUT2D eigenvalue weighted by molar-refractivity contribution is 5.30. The zero-order valence-electron chi connectivity index (χ0n) is 12.2. The van der Waals surface area contributed by atoms with Crippen molar-refractivity contribution in [1.29, 1.82) is 0 Å². The van der Waals surface area contributed by atoms with Crippen LogP contribution in [0.15, 0.2) is 18.2 Å². The summed E-state index contributed by atoms with van der Waals surface area (Å²) in [4.78, 5) is 0. The van der Waals surface area contributed by atoms with Crippen molar-refractivity contribution in [2.45, 2.75) is 64.8 Å². The molecule has 1 aromatic rings. The van der Waals surface area contributed by atoms with Crippen LogP contribution < -0.4 is 5.32 Å². The first-order chi connectivity index (χ1) is 8.63. The van der Waals surface area contributed by atoms with Crippen LogP contribution in [0.5, 0.6) is 0 Å². The maximum atomic E-state index is 3.83. The summed E-state index contributed by atoms with van der Waals surface area (Å²) in [5.41, 5.74) is 4.63. The van der Waals surface area contributed by atoms with Gasteiger partial charge in [0.15, 0.2) is 0 Å². The molecule has 0 radical (unpaired) electrons. The second kappa shape index (κ2) is 5.88. The van der Waals surface area contributed by atoms with Gasteiger partial charge in [0, 0.05) is 5.54 Å². The summed E-state index contributed by atoms with van der Waals surface area (Å²) in [6.45, 7) is 7.94. The van der Waals surface area contributed by atoms with Crippen molar-refractivity contribution in [2.24, 2.45) is 0 Å². The average molecular weight is 245 g/mol. The minimum absolute atomic E-state index is 0.344. The molecular weight excluding hydrogens is 218 g/mol. The Bertz CT molecular complexity index is 366. The summed E-state index contributed by atoms with van der Waals surface area (Å²) in [6, 6.07) is 6.98. The molecule has 1 aliphatic rings. The molecule has 1 fully saturated rings. The third-order valence-corrected chi connectivity index (χ3v) is 4.33. The Balaban J connectivity index is 2.17. The molecule has 1 saturated heterocycles. The van der Waals surface area contributed by atoms with E-state index < -0.39 is 0 Å². The molecule has 1 aromatic carbocycles. The molecule has 1 nitrogen and oxygen atoms in total. The van der Waals surface area contributed by atoms with Gasteiger partial charge in [0.25, 0.3) is 0 Å². The standard InChI is InChI=1S/C17H27N/c1-4-17(8-6-5-7-9-18-17)13-16-11-14(2)10-15(3)12-16/h10-12,18H,4-9,13H2,1-3H3. The second-order valence-electron chi connectivity index (χ2n) is 6.04. The van der Waals surface area contributed by atoms with Gasteiger partial charge < -0.3 is 5.32 Å². The fourth-order valence-electron chi connectivity index (χ4n) is 3.35. The van der Waals surface area contributed by atoms with E-state index in [4.69, 9.17) is 0 Å². The van der Waals surface area contributed by atoms with Gasteiger partial charge in [0.1, 0.15) is 0 Å². The highest BCUT2D eigenvalue weighted by Crippen LogP contribution is 2.27. The zero-order valence-corrected chi connectivity index (χ0v) is 12.2.